The molecule has 4 heteroatoms. The summed E-state index contributed by atoms with van der Waals surface area (Å²) in [7, 11) is 0. The molecular formula is C21H22FNO2. The van der Waals surface area contributed by atoms with Crippen molar-refractivity contribution in [2.75, 3.05) is 6.61 Å². The van der Waals surface area contributed by atoms with Crippen LogP contribution in [0.15, 0.2) is 54.7 Å². The molecule has 0 aliphatic carbocycles. The van der Waals surface area contributed by atoms with Gasteiger partial charge in [0.1, 0.15) is 6.61 Å². The molecule has 0 bridgehead atoms. The molecule has 0 N–H and O–H groups in total. The number of Topliss-reactive ketones (excluding diaryl/α,β-unsaturated/α-hetero) is 1. The van der Waals surface area contributed by atoms with Crippen LogP contribution in [0.2, 0.25) is 0 Å². The number of hydrogen-bond donors (Lipinski definition) is 0. The Morgan fingerprint density at radius 2 is 1.76 bits per heavy atom. The maximum Gasteiger partial charge on any atom is 0.170 e. The van der Waals surface area contributed by atoms with E-state index in [1.807, 2.05) is 55.8 Å². The van der Waals surface area contributed by atoms with Crippen LogP contribution in [0.1, 0.15) is 31.1 Å². The Labute approximate surface area is 147 Å². The van der Waals surface area contributed by atoms with E-state index in [4.69, 9.17) is 4.74 Å². The van der Waals surface area contributed by atoms with Gasteiger partial charge in [0.15, 0.2) is 17.3 Å². The normalized spacial score (nSPS) is 11.7. The summed E-state index contributed by atoms with van der Waals surface area (Å²) < 4.78 is 21.2. The fourth-order valence-electron chi connectivity index (χ4n) is 2.83. The van der Waals surface area contributed by atoms with E-state index >= 15 is 0 Å². The summed E-state index contributed by atoms with van der Waals surface area (Å²) in [6.45, 7) is 6.61. The number of ketones is 1. The van der Waals surface area contributed by atoms with Crippen molar-refractivity contribution in [3.05, 3.63) is 66.1 Å². The lowest BCUT2D eigenvalue weighted by atomic mass is 9.86. The van der Waals surface area contributed by atoms with E-state index in [1.54, 1.807) is 18.2 Å². The number of aromatic nitrogens is 1. The van der Waals surface area contributed by atoms with Crippen molar-refractivity contribution in [3.63, 3.8) is 0 Å². The van der Waals surface area contributed by atoms with Gasteiger partial charge in [-0.3, -0.25) is 4.79 Å². The topological polar surface area (TPSA) is 31.2 Å². The molecule has 0 unspecified atom stereocenters. The zero-order chi connectivity index (χ0) is 18.0. The molecule has 3 aromatic rings. The van der Waals surface area contributed by atoms with Crippen LogP contribution >= 0.6 is 0 Å². The monoisotopic (exact) mass is 339 g/mol. The molecule has 25 heavy (non-hydrogen) atoms. The van der Waals surface area contributed by atoms with Gasteiger partial charge in [-0.15, -0.1) is 0 Å². The molecule has 1 heterocycles. The van der Waals surface area contributed by atoms with E-state index in [0.717, 1.165) is 10.9 Å². The van der Waals surface area contributed by atoms with Gasteiger partial charge in [0.2, 0.25) is 0 Å². The van der Waals surface area contributed by atoms with Crippen LogP contribution < -0.4 is 4.74 Å². The summed E-state index contributed by atoms with van der Waals surface area (Å²) in [5.74, 6) is -0.0223. The fourth-order valence-corrected chi connectivity index (χ4v) is 2.83. The van der Waals surface area contributed by atoms with Gasteiger partial charge in [-0.05, 0) is 18.2 Å². The van der Waals surface area contributed by atoms with Crippen molar-refractivity contribution in [2.24, 2.45) is 5.41 Å². The first kappa shape index (κ1) is 17.2. The maximum absolute atomic E-state index is 13.6. The molecule has 3 nitrogen and oxygen atoms in total. The second-order valence-electron chi connectivity index (χ2n) is 7.11. The van der Waals surface area contributed by atoms with Gasteiger partial charge in [0.05, 0.1) is 6.54 Å². The smallest absolute Gasteiger partial charge is 0.170 e. The average molecular weight is 339 g/mol. The van der Waals surface area contributed by atoms with Crippen LogP contribution in [-0.2, 0) is 6.54 Å². The number of carbonyl (C=O) groups excluding carboxylic acids is 1. The lowest BCUT2D eigenvalue weighted by molar-refractivity contribution is 0.0860. The van der Waals surface area contributed by atoms with Crippen LogP contribution in [0.25, 0.3) is 10.9 Å². The minimum Gasteiger partial charge on any atom is -0.489 e. The predicted molar refractivity (Wildman–Crippen MR) is 97.6 cm³/mol. The number of rotatable bonds is 5. The third-order valence-corrected chi connectivity index (χ3v) is 4.14. The van der Waals surface area contributed by atoms with Crippen molar-refractivity contribution in [3.8, 4) is 5.75 Å². The zero-order valence-electron chi connectivity index (χ0n) is 14.8. The van der Waals surface area contributed by atoms with Gasteiger partial charge in [0.25, 0.3) is 0 Å². The quantitative estimate of drug-likeness (QED) is 0.606. The van der Waals surface area contributed by atoms with Crippen molar-refractivity contribution < 1.29 is 13.9 Å². The van der Waals surface area contributed by atoms with E-state index < -0.39 is 5.41 Å². The molecule has 0 radical (unpaired) electrons. The summed E-state index contributed by atoms with van der Waals surface area (Å²) in [4.78, 5) is 12.7. The second kappa shape index (κ2) is 6.71. The first-order valence-electron chi connectivity index (χ1n) is 8.38. The standard InChI is InChI=1S/C21H22FNO2/c1-21(2,3)20(24)16-14-23(18-10-6-4-8-15(16)18)12-13-25-19-11-7-5-9-17(19)22/h4-11,14H,12-13H2,1-3H3. The van der Waals surface area contributed by atoms with Crippen LogP contribution in [0.4, 0.5) is 4.39 Å². The van der Waals surface area contributed by atoms with E-state index in [1.165, 1.54) is 6.07 Å². The maximum atomic E-state index is 13.6. The molecular weight excluding hydrogens is 317 g/mol. The molecule has 0 saturated heterocycles. The van der Waals surface area contributed by atoms with Crippen LogP contribution in [-0.4, -0.2) is 17.0 Å². The Morgan fingerprint density at radius 1 is 1.08 bits per heavy atom. The summed E-state index contributed by atoms with van der Waals surface area (Å²) in [5.41, 5.74) is 1.25. The Kier molecular flexibility index (Phi) is 4.62. The van der Waals surface area contributed by atoms with Gasteiger partial charge < -0.3 is 9.30 Å². The number of ether oxygens (including phenoxy) is 1. The van der Waals surface area contributed by atoms with Gasteiger partial charge >= 0.3 is 0 Å². The lowest BCUT2D eigenvalue weighted by Crippen LogP contribution is -2.20. The van der Waals surface area contributed by atoms with Crippen molar-refractivity contribution in [1.29, 1.82) is 0 Å². The van der Waals surface area contributed by atoms with E-state index in [0.29, 0.717) is 18.7 Å². The van der Waals surface area contributed by atoms with Crippen molar-refractivity contribution >= 4 is 16.7 Å². The molecule has 0 saturated carbocycles. The number of fused-ring (bicyclic) bond motifs is 1. The van der Waals surface area contributed by atoms with E-state index in [2.05, 4.69) is 0 Å². The number of hydrogen-bond acceptors (Lipinski definition) is 2. The molecule has 0 atom stereocenters. The van der Waals surface area contributed by atoms with Crippen LogP contribution in [0, 0.1) is 11.2 Å². The molecule has 0 aliphatic heterocycles. The third-order valence-electron chi connectivity index (χ3n) is 4.14. The molecule has 3 rings (SSSR count). The zero-order valence-corrected chi connectivity index (χ0v) is 14.8. The molecule has 1 aromatic heterocycles. The van der Waals surface area contributed by atoms with Gasteiger partial charge in [-0.1, -0.05) is 51.1 Å². The van der Waals surface area contributed by atoms with Gasteiger partial charge in [-0.2, -0.15) is 0 Å². The number of benzene rings is 2. The number of nitrogens with zero attached hydrogens (tertiary/aromatic N) is 1. The van der Waals surface area contributed by atoms with Crippen LogP contribution in [0.3, 0.4) is 0 Å². The first-order valence-corrected chi connectivity index (χ1v) is 8.38. The summed E-state index contributed by atoms with van der Waals surface area (Å²) in [6, 6.07) is 14.2. The first-order chi connectivity index (χ1) is 11.9. The highest BCUT2D eigenvalue weighted by Gasteiger charge is 2.26. The van der Waals surface area contributed by atoms with Gasteiger partial charge in [0, 0.05) is 28.1 Å². The largest absolute Gasteiger partial charge is 0.489 e. The van der Waals surface area contributed by atoms with Gasteiger partial charge in [-0.25, -0.2) is 4.39 Å². The Balaban J connectivity index is 1.85. The molecule has 0 aliphatic rings. The third kappa shape index (κ3) is 3.58. The highest BCUT2D eigenvalue weighted by molar-refractivity contribution is 6.10. The lowest BCUT2D eigenvalue weighted by Gasteiger charge is -2.15. The Morgan fingerprint density at radius 3 is 2.48 bits per heavy atom. The van der Waals surface area contributed by atoms with E-state index in [9.17, 15) is 9.18 Å². The highest BCUT2D eigenvalue weighted by Crippen LogP contribution is 2.28. The summed E-state index contributed by atoms with van der Waals surface area (Å²) in [5, 5.41) is 0.938. The summed E-state index contributed by atoms with van der Waals surface area (Å²) in [6.07, 6.45) is 1.88. The predicted octanol–water partition coefficient (Wildman–Crippen LogP) is 5.09. The molecule has 2 aromatic carbocycles. The Hall–Kier alpha value is -2.62. The number of halogens is 1. The van der Waals surface area contributed by atoms with Crippen molar-refractivity contribution in [1.82, 2.24) is 4.57 Å². The number of para-hydroxylation sites is 2. The minimum atomic E-state index is -0.446. The molecule has 0 spiro atoms. The fraction of sp³-hybridized carbons (Fsp3) is 0.286. The van der Waals surface area contributed by atoms with Crippen molar-refractivity contribution in [2.45, 2.75) is 27.3 Å². The highest BCUT2D eigenvalue weighted by atomic mass is 19.1. The minimum absolute atomic E-state index is 0.109. The van der Waals surface area contributed by atoms with E-state index in [-0.39, 0.29) is 17.3 Å². The number of carbonyl (C=O) groups is 1. The average Bonchev–Trinajstić information content (AvgIpc) is 2.94. The molecule has 130 valence electrons. The summed E-state index contributed by atoms with van der Waals surface area (Å²) >= 11 is 0. The Bertz CT molecular complexity index is 906. The molecule has 0 fully saturated rings. The van der Waals surface area contributed by atoms with Crippen LogP contribution in [0.5, 0.6) is 5.75 Å². The second-order valence-corrected chi connectivity index (χ2v) is 7.11. The SMILES string of the molecule is CC(C)(C)C(=O)c1cn(CCOc2ccccc2F)c2ccccc12. The molecule has 0 amide bonds.